The van der Waals surface area contributed by atoms with Gasteiger partial charge >= 0.3 is 0 Å². The molecule has 8 heteroatoms. The Kier molecular flexibility index (Phi) is 4.09. The summed E-state index contributed by atoms with van der Waals surface area (Å²) >= 11 is 0. The van der Waals surface area contributed by atoms with E-state index in [1.54, 1.807) is 0 Å². The minimum atomic E-state index is -0.00337. The minimum absolute atomic E-state index is 0.00337. The van der Waals surface area contributed by atoms with Gasteiger partial charge < -0.3 is 16.0 Å². The van der Waals surface area contributed by atoms with E-state index in [4.69, 9.17) is 0 Å². The van der Waals surface area contributed by atoms with Crippen molar-refractivity contribution in [3.05, 3.63) is 65.5 Å². The molecule has 144 valence electrons. The first kappa shape index (κ1) is 17.2. The van der Waals surface area contributed by atoms with Crippen molar-refractivity contribution >= 4 is 40.0 Å². The number of carbonyl (C=O) groups is 1. The molecule has 5 rings (SSSR count). The van der Waals surface area contributed by atoms with Crippen LogP contribution < -0.4 is 16.0 Å². The molecule has 0 radical (unpaired) electrons. The number of hydrogen-bond donors (Lipinski definition) is 4. The highest BCUT2D eigenvalue weighted by Crippen LogP contribution is 2.31. The summed E-state index contributed by atoms with van der Waals surface area (Å²) in [7, 11) is 0. The van der Waals surface area contributed by atoms with Crippen LogP contribution in [0.5, 0.6) is 0 Å². The van der Waals surface area contributed by atoms with E-state index < -0.39 is 0 Å². The number of fused-ring (bicyclic) bond motifs is 2. The molecule has 1 aliphatic rings. The third-order valence-electron chi connectivity index (χ3n) is 4.87. The number of aromatic amines is 1. The lowest BCUT2D eigenvalue weighted by molar-refractivity contribution is -0.115. The van der Waals surface area contributed by atoms with E-state index >= 15 is 0 Å². The number of aryl methyl sites for hydroxylation is 1. The van der Waals surface area contributed by atoms with Gasteiger partial charge in [-0.25, -0.2) is 4.98 Å². The van der Waals surface area contributed by atoms with E-state index in [1.165, 1.54) is 0 Å². The highest BCUT2D eigenvalue weighted by Gasteiger charge is 2.20. The Hall–Kier alpha value is -3.94. The van der Waals surface area contributed by atoms with Gasteiger partial charge in [0.1, 0.15) is 5.82 Å². The van der Waals surface area contributed by atoms with Crippen LogP contribution in [-0.4, -0.2) is 26.1 Å². The molecule has 4 N–H and O–H groups in total. The molecule has 2 aromatic carbocycles. The summed E-state index contributed by atoms with van der Waals surface area (Å²) in [5.74, 6) is 1.22. The molecule has 3 heterocycles. The Labute approximate surface area is 166 Å². The fourth-order valence-corrected chi connectivity index (χ4v) is 3.50. The van der Waals surface area contributed by atoms with Crippen LogP contribution in [0.4, 0.5) is 23.1 Å². The second-order valence-corrected chi connectivity index (χ2v) is 7.04. The highest BCUT2D eigenvalue weighted by molar-refractivity contribution is 6.01. The van der Waals surface area contributed by atoms with Crippen LogP contribution in [0.15, 0.2) is 48.7 Å². The molecule has 8 nitrogen and oxygen atoms in total. The zero-order valence-corrected chi connectivity index (χ0v) is 15.8. The number of benzene rings is 2. The van der Waals surface area contributed by atoms with E-state index in [1.807, 2.05) is 43.5 Å². The third kappa shape index (κ3) is 3.47. The van der Waals surface area contributed by atoms with Crippen molar-refractivity contribution in [3.8, 4) is 0 Å². The number of hydrogen-bond acceptors (Lipinski definition) is 6. The lowest BCUT2D eigenvalue weighted by atomic mass is 10.1. The molecule has 0 spiro atoms. The van der Waals surface area contributed by atoms with Gasteiger partial charge in [0, 0.05) is 40.6 Å². The molecule has 0 saturated carbocycles. The summed E-state index contributed by atoms with van der Waals surface area (Å²) in [6.45, 7) is 2.56. The SMILES string of the molecule is Cc1cc(NCc2ccc3[nH]ncc3c2)nc(Nc2cccc3c2CC(=O)N3)n1. The largest absolute Gasteiger partial charge is 0.366 e. The van der Waals surface area contributed by atoms with Gasteiger partial charge in [-0.15, -0.1) is 0 Å². The van der Waals surface area contributed by atoms with Gasteiger partial charge in [-0.05, 0) is 36.8 Å². The van der Waals surface area contributed by atoms with Crippen molar-refractivity contribution in [2.24, 2.45) is 0 Å². The number of aromatic nitrogens is 4. The Balaban J connectivity index is 1.35. The molecule has 4 aromatic rings. The second-order valence-electron chi connectivity index (χ2n) is 7.04. The topological polar surface area (TPSA) is 108 Å². The lowest BCUT2D eigenvalue weighted by Crippen LogP contribution is -2.06. The van der Waals surface area contributed by atoms with E-state index in [9.17, 15) is 4.79 Å². The molecule has 0 atom stereocenters. The average molecular weight is 385 g/mol. The van der Waals surface area contributed by atoms with Crippen molar-refractivity contribution in [2.75, 3.05) is 16.0 Å². The molecule has 0 aliphatic carbocycles. The summed E-state index contributed by atoms with van der Waals surface area (Å²) < 4.78 is 0. The second kappa shape index (κ2) is 6.90. The molecule has 1 aliphatic heterocycles. The number of rotatable bonds is 5. The summed E-state index contributed by atoms with van der Waals surface area (Å²) in [5.41, 5.74) is 5.60. The number of nitrogens with one attached hydrogen (secondary N) is 4. The standard InChI is InChI=1S/C21H19N7O/c1-12-7-19(22-10-13-5-6-16-14(8-13)11-23-28-16)27-21(24-12)26-18-4-2-3-17-15(18)9-20(29)25-17/h2-8,11H,9-10H2,1H3,(H,23,28)(H,25,29)(H2,22,24,26,27). The van der Waals surface area contributed by atoms with E-state index in [2.05, 4.69) is 48.2 Å². The molecule has 0 bridgehead atoms. The van der Waals surface area contributed by atoms with E-state index in [0.29, 0.717) is 18.9 Å². The van der Waals surface area contributed by atoms with Crippen molar-refractivity contribution in [2.45, 2.75) is 19.9 Å². The number of H-pyrrole nitrogens is 1. The first-order valence-corrected chi connectivity index (χ1v) is 9.34. The fourth-order valence-electron chi connectivity index (χ4n) is 3.50. The highest BCUT2D eigenvalue weighted by atomic mass is 16.1. The third-order valence-corrected chi connectivity index (χ3v) is 4.87. The maximum absolute atomic E-state index is 11.7. The number of carbonyl (C=O) groups excluding carboxylic acids is 1. The van der Waals surface area contributed by atoms with Crippen molar-refractivity contribution < 1.29 is 4.79 Å². The van der Waals surface area contributed by atoms with Crippen LogP contribution in [-0.2, 0) is 17.8 Å². The summed E-state index contributed by atoms with van der Waals surface area (Å²) in [4.78, 5) is 20.8. The zero-order chi connectivity index (χ0) is 19.8. The van der Waals surface area contributed by atoms with Gasteiger partial charge in [0.25, 0.3) is 0 Å². The molecular formula is C21H19N7O. The van der Waals surface area contributed by atoms with E-state index in [-0.39, 0.29) is 5.91 Å². The average Bonchev–Trinajstić information content (AvgIpc) is 3.31. The predicted molar refractivity (Wildman–Crippen MR) is 112 cm³/mol. The van der Waals surface area contributed by atoms with Crippen LogP contribution >= 0.6 is 0 Å². The summed E-state index contributed by atoms with van der Waals surface area (Å²) in [6, 6.07) is 13.8. The zero-order valence-electron chi connectivity index (χ0n) is 15.8. The molecule has 1 amide bonds. The van der Waals surface area contributed by atoms with Crippen LogP contribution in [0.3, 0.4) is 0 Å². The lowest BCUT2D eigenvalue weighted by Gasteiger charge is -2.12. The molecule has 0 unspecified atom stereocenters. The predicted octanol–water partition coefficient (Wildman–Crippen LogP) is 3.51. The minimum Gasteiger partial charge on any atom is -0.366 e. The van der Waals surface area contributed by atoms with Gasteiger partial charge in [-0.1, -0.05) is 12.1 Å². The van der Waals surface area contributed by atoms with Gasteiger partial charge in [0.05, 0.1) is 18.1 Å². The normalized spacial score (nSPS) is 12.7. The number of anilines is 4. The Bertz CT molecular complexity index is 1230. The molecule has 0 saturated heterocycles. The van der Waals surface area contributed by atoms with Crippen LogP contribution in [0, 0.1) is 6.92 Å². The summed E-state index contributed by atoms with van der Waals surface area (Å²) in [6.07, 6.45) is 2.17. The Morgan fingerprint density at radius 1 is 1.14 bits per heavy atom. The first-order valence-electron chi connectivity index (χ1n) is 9.34. The monoisotopic (exact) mass is 385 g/mol. The quantitative estimate of drug-likeness (QED) is 0.419. The molecule has 29 heavy (non-hydrogen) atoms. The summed E-state index contributed by atoms with van der Waals surface area (Å²) in [5, 5.41) is 17.6. The first-order chi connectivity index (χ1) is 14.1. The van der Waals surface area contributed by atoms with Gasteiger partial charge in [0.2, 0.25) is 11.9 Å². The van der Waals surface area contributed by atoms with Crippen molar-refractivity contribution in [3.63, 3.8) is 0 Å². The maximum atomic E-state index is 11.7. The molecular weight excluding hydrogens is 366 g/mol. The molecule has 0 fully saturated rings. The van der Waals surface area contributed by atoms with Gasteiger partial charge in [-0.3, -0.25) is 9.89 Å². The molecule has 2 aromatic heterocycles. The van der Waals surface area contributed by atoms with Gasteiger partial charge in [0.15, 0.2) is 0 Å². The van der Waals surface area contributed by atoms with Crippen LogP contribution in [0.1, 0.15) is 16.8 Å². The number of nitrogens with zero attached hydrogens (tertiary/aromatic N) is 3. The van der Waals surface area contributed by atoms with Crippen LogP contribution in [0.2, 0.25) is 0 Å². The van der Waals surface area contributed by atoms with Gasteiger partial charge in [-0.2, -0.15) is 10.1 Å². The maximum Gasteiger partial charge on any atom is 0.229 e. The smallest absolute Gasteiger partial charge is 0.229 e. The van der Waals surface area contributed by atoms with E-state index in [0.717, 1.165) is 44.9 Å². The Morgan fingerprint density at radius 3 is 3.00 bits per heavy atom. The number of amides is 1. The van der Waals surface area contributed by atoms with Crippen LogP contribution in [0.25, 0.3) is 10.9 Å². The van der Waals surface area contributed by atoms with Crippen molar-refractivity contribution in [1.82, 2.24) is 20.2 Å². The fraction of sp³-hybridized carbons (Fsp3) is 0.143. The van der Waals surface area contributed by atoms with Crippen molar-refractivity contribution in [1.29, 1.82) is 0 Å². The Morgan fingerprint density at radius 2 is 2.07 bits per heavy atom.